The number of nitrogen functional groups attached to an aromatic ring is 1. The van der Waals surface area contributed by atoms with Gasteiger partial charge in [0.1, 0.15) is 5.69 Å². The van der Waals surface area contributed by atoms with Gasteiger partial charge in [-0.15, -0.1) is 11.3 Å². The molecule has 0 saturated heterocycles. The third-order valence-electron chi connectivity index (χ3n) is 2.97. The Morgan fingerprint density at radius 2 is 2.05 bits per heavy atom. The van der Waals surface area contributed by atoms with Crippen molar-refractivity contribution < 1.29 is 4.79 Å². The summed E-state index contributed by atoms with van der Waals surface area (Å²) in [6.45, 7) is 5.28. The summed E-state index contributed by atoms with van der Waals surface area (Å²) in [6, 6.07) is 7.63. The Bertz CT molecular complexity index is 577. The third kappa shape index (κ3) is 3.57. The van der Waals surface area contributed by atoms with Crippen molar-refractivity contribution in [3.8, 4) is 0 Å². The Morgan fingerprint density at radius 1 is 1.35 bits per heavy atom. The Balaban J connectivity index is 2.14. The van der Waals surface area contributed by atoms with Crippen molar-refractivity contribution in [3.63, 3.8) is 0 Å². The van der Waals surface area contributed by atoms with Gasteiger partial charge >= 0.3 is 0 Å². The summed E-state index contributed by atoms with van der Waals surface area (Å²) in [4.78, 5) is 18.6. The highest BCUT2D eigenvalue weighted by Gasteiger charge is 2.17. The average molecular weight is 289 g/mol. The minimum absolute atomic E-state index is 0.00646. The number of hydrogen-bond acceptors (Lipinski definition) is 4. The lowest BCUT2D eigenvalue weighted by Gasteiger charge is -2.21. The summed E-state index contributed by atoms with van der Waals surface area (Å²) in [5.41, 5.74) is 8.03. The second kappa shape index (κ2) is 6.52. The molecular formula is C15H19N3OS. The lowest BCUT2D eigenvalue weighted by molar-refractivity contribution is 0.0738. The number of aromatic nitrogens is 1. The molecule has 1 aromatic heterocycles. The fraction of sp³-hybridized carbons (Fsp3) is 0.333. The average Bonchev–Trinajstić information content (AvgIpc) is 2.86. The molecule has 0 aliphatic heterocycles. The van der Waals surface area contributed by atoms with Gasteiger partial charge in [-0.25, -0.2) is 4.98 Å². The molecule has 0 aliphatic rings. The van der Waals surface area contributed by atoms with Crippen LogP contribution in [-0.2, 0) is 6.54 Å². The van der Waals surface area contributed by atoms with Crippen LogP contribution in [0.2, 0.25) is 0 Å². The molecule has 0 fully saturated rings. The van der Waals surface area contributed by atoms with Gasteiger partial charge in [-0.05, 0) is 31.0 Å². The van der Waals surface area contributed by atoms with Crippen molar-refractivity contribution in [1.82, 2.24) is 9.88 Å². The zero-order chi connectivity index (χ0) is 14.5. The van der Waals surface area contributed by atoms with Gasteiger partial charge in [-0.2, -0.15) is 0 Å². The quantitative estimate of drug-likeness (QED) is 0.860. The van der Waals surface area contributed by atoms with E-state index in [2.05, 4.69) is 11.9 Å². The smallest absolute Gasteiger partial charge is 0.273 e. The number of thiazole rings is 1. The molecule has 2 N–H and O–H groups in total. The van der Waals surface area contributed by atoms with Gasteiger partial charge in [0.05, 0.1) is 5.01 Å². The molecule has 0 atom stereocenters. The molecule has 0 aliphatic carbocycles. The zero-order valence-corrected chi connectivity index (χ0v) is 12.6. The summed E-state index contributed by atoms with van der Waals surface area (Å²) < 4.78 is 0. The van der Waals surface area contributed by atoms with E-state index in [1.54, 1.807) is 0 Å². The molecule has 2 aromatic rings. The Labute approximate surface area is 123 Å². The van der Waals surface area contributed by atoms with Crippen LogP contribution in [0.3, 0.4) is 0 Å². The topological polar surface area (TPSA) is 59.2 Å². The number of nitrogens with zero attached hydrogens (tertiary/aromatic N) is 2. The number of rotatable bonds is 5. The number of hydrogen-bond donors (Lipinski definition) is 1. The normalized spacial score (nSPS) is 10.5. The first-order valence-electron chi connectivity index (χ1n) is 6.66. The van der Waals surface area contributed by atoms with Crippen LogP contribution in [0, 0.1) is 6.92 Å². The predicted molar refractivity (Wildman–Crippen MR) is 82.7 cm³/mol. The van der Waals surface area contributed by atoms with Gasteiger partial charge < -0.3 is 10.6 Å². The fourth-order valence-electron chi connectivity index (χ4n) is 1.99. The van der Waals surface area contributed by atoms with Crippen LogP contribution in [0.1, 0.15) is 34.4 Å². The van der Waals surface area contributed by atoms with Crippen molar-refractivity contribution in [2.75, 3.05) is 12.3 Å². The van der Waals surface area contributed by atoms with E-state index >= 15 is 0 Å². The maximum Gasteiger partial charge on any atom is 0.273 e. The molecule has 0 unspecified atom stereocenters. The summed E-state index contributed by atoms with van der Waals surface area (Å²) in [5.74, 6) is -0.00646. The predicted octanol–water partition coefficient (Wildman–Crippen LogP) is 3.09. The Morgan fingerprint density at radius 3 is 2.60 bits per heavy atom. The van der Waals surface area contributed by atoms with Gasteiger partial charge in [0, 0.05) is 24.2 Å². The van der Waals surface area contributed by atoms with Crippen molar-refractivity contribution in [1.29, 1.82) is 0 Å². The molecule has 0 bridgehead atoms. The number of anilines is 1. The first kappa shape index (κ1) is 14.5. The Hall–Kier alpha value is -1.88. The number of amides is 1. The second-order valence-corrected chi connectivity index (χ2v) is 5.78. The molecule has 1 amide bonds. The first-order chi connectivity index (χ1) is 9.60. The summed E-state index contributed by atoms with van der Waals surface area (Å²) in [7, 11) is 0. The molecule has 20 heavy (non-hydrogen) atoms. The SMILES string of the molecule is CCCN(Cc1ccc(N)cc1)C(=O)c1csc(C)n1. The first-order valence-corrected chi connectivity index (χ1v) is 7.54. The van der Waals surface area contributed by atoms with E-state index in [1.165, 1.54) is 11.3 Å². The number of carbonyl (C=O) groups excluding carboxylic acids is 1. The number of aryl methyl sites for hydroxylation is 1. The molecule has 2 rings (SSSR count). The van der Waals surface area contributed by atoms with Crippen molar-refractivity contribution in [2.24, 2.45) is 0 Å². The van der Waals surface area contributed by atoms with E-state index in [0.29, 0.717) is 12.2 Å². The monoisotopic (exact) mass is 289 g/mol. The third-order valence-corrected chi connectivity index (χ3v) is 3.75. The summed E-state index contributed by atoms with van der Waals surface area (Å²) in [5, 5.41) is 2.74. The lowest BCUT2D eigenvalue weighted by atomic mass is 10.2. The van der Waals surface area contributed by atoms with Crippen LogP contribution < -0.4 is 5.73 Å². The number of benzene rings is 1. The standard InChI is InChI=1S/C15H19N3OS/c1-3-8-18(9-12-4-6-13(16)7-5-12)15(19)14-10-20-11(2)17-14/h4-7,10H,3,8-9,16H2,1-2H3. The van der Waals surface area contributed by atoms with Crippen LogP contribution in [0.5, 0.6) is 0 Å². The van der Waals surface area contributed by atoms with Crippen LogP contribution >= 0.6 is 11.3 Å². The molecule has 1 aromatic carbocycles. The molecule has 0 spiro atoms. The highest BCUT2D eigenvalue weighted by molar-refractivity contribution is 7.09. The molecular weight excluding hydrogens is 270 g/mol. The van der Waals surface area contributed by atoms with Gasteiger partial charge in [-0.1, -0.05) is 19.1 Å². The molecule has 1 heterocycles. The van der Waals surface area contributed by atoms with Crippen LogP contribution in [-0.4, -0.2) is 22.3 Å². The highest BCUT2D eigenvalue weighted by Crippen LogP contribution is 2.14. The van der Waals surface area contributed by atoms with Crippen molar-refractivity contribution >= 4 is 22.9 Å². The summed E-state index contributed by atoms with van der Waals surface area (Å²) in [6.07, 6.45) is 0.920. The maximum atomic E-state index is 12.5. The molecule has 106 valence electrons. The number of nitrogens with two attached hydrogens (primary N) is 1. The second-order valence-electron chi connectivity index (χ2n) is 4.72. The maximum absolute atomic E-state index is 12.5. The summed E-state index contributed by atoms with van der Waals surface area (Å²) >= 11 is 1.50. The van der Waals surface area contributed by atoms with E-state index in [1.807, 2.05) is 41.5 Å². The minimum Gasteiger partial charge on any atom is -0.399 e. The largest absolute Gasteiger partial charge is 0.399 e. The molecule has 0 saturated carbocycles. The molecule has 4 nitrogen and oxygen atoms in total. The van der Waals surface area contributed by atoms with E-state index in [0.717, 1.165) is 29.2 Å². The minimum atomic E-state index is -0.00646. The number of carbonyl (C=O) groups is 1. The lowest BCUT2D eigenvalue weighted by Crippen LogP contribution is -2.31. The van der Waals surface area contributed by atoms with Crippen LogP contribution in [0.15, 0.2) is 29.6 Å². The van der Waals surface area contributed by atoms with E-state index in [-0.39, 0.29) is 5.91 Å². The van der Waals surface area contributed by atoms with Crippen molar-refractivity contribution in [3.05, 3.63) is 45.9 Å². The van der Waals surface area contributed by atoms with E-state index in [9.17, 15) is 4.79 Å². The van der Waals surface area contributed by atoms with Gasteiger partial charge in [0.15, 0.2) is 0 Å². The van der Waals surface area contributed by atoms with Crippen molar-refractivity contribution in [2.45, 2.75) is 26.8 Å². The van der Waals surface area contributed by atoms with Gasteiger partial charge in [0.2, 0.25) is 0 Å². The van der Waals surface area contributed by atoms with E-state index < -0.39 is 0 Å². The molecule has 0 radical (unpaired) electrons. The highest BCUT2D eigenvalue weighted by atomic mass is 32.1. The Kier molecular flexibility index (Phi) is 4.74. The zero-order valence-electron chi connectivity index (χ0n) is 11.8. The van der Waals surface area contributed by atoms with Gasteiger partial charge in [0.25, 0.3) is 5.91 Å². The van der Waals surface area contributed by atoms with Crippen LogP contribution in [0.25, 0.3) is 0 Å². The van der Waals surface area contributed by atoms with Crippen LogP contribution in [0.4, 0.5) is 5.69 Å². The fourth-order valence-corrected chi connectivity index (χ4v) is 2.58. The molecule has 5 heteroatoms. The van der Waals surface area contributed by atoms with E-state index in [4.69, 9.17) is 5.73 Å². The van der Waals surface area contributed by atoms with Gasteiger partial charge in [-0.3, -0.25) is 4.79 Å².